The molecule has 8 aromatic rings. The number of halogens is 10. The Morgan fingerprint density at radius 3 is 1.34 bits per heavy atom. The summed E-state index contributed by atoms with van der Waals surface area (Å²) in [5.74, 6) is -4.15. The zero-order valence-electron chi connectivity index (χ0n) is 43.6. The molecule has 10 unspecified atom stereocenters. The van der Waals surface area contributed by atoms with E-state index >= 15 is 0 Å². The van der Waals surface area contributed by atoms with E-state index in [0.29, 0.717) is 0 Å². The molecule has 4 aromatic carbocycles. The van der Waals surface area contributed by atoms with Crippen molar-refractivity contribution in [3.8, 4) is 33.9 Å². The first-order valence-corrected chi connectivity index (χ1v) is 27.6. The zero-order chi connectivity index (χ0) is 60.7. The average molecular weight is 1300 g/mol. The van der Waals surface area contributed by atoms with Gasteiger partial charge < -0.3 is 50.0 Å². The molecule has 0 spiro atoms. The molecule has 2 fully saturated rings. The van der Waals surface area contributed by atoms with Crippen LogP contribution < -0.4 is 10.6 Å². The molecule has 85 heavy (non-hydrogen) atoms. The number of carbonyl (C=O) groups excluding carboxylic acids is 2. The minimum absolute atomic E-state index is 0.0282. The zero-order valence-corrected chi connectivity index (χ0v) is 48.2. The minimum atomic E-state index is -1.72. The van der Waals surface area contributed by atoms with Crippen molar-refractivity contribution in [2.45, 2.75) is 81.2 Å². The Labute approximate surface area is 507 Å². The van der Waals surface area contributed by atoms with Gasteiger partial charge in [0.1, 0.15) is 92.9 Å². The number of rotatable bonds is 16. The lowest BCUT2D eigenvalue weighted by Gasteiger charge is -2.43. The van der Waals surface area contributed by atoms with Gasteiger partial charge >= 0.3 is 12.2 Å². The number of carbonyl (C=O) groups is 2. The van der Waals surface area contributed by atoms with Crippen molar-refractivity contribution in [1.29, 1.82) is 0 Å². The normalized spacial score (nSPS) is 22.4. The number of hydrogen-bond donors (Lipinski definition) is 6. The van der Waals surface area contributed by atoms with Gasteiger partial charge in [0.2, 0.25) is 0 Å². The number of nitrogens with zero attached hydrogens (tertiary/aromatic N) is 12. The van der Waals surface area contributed by atoms with Gasteiger partial charge in [-0.15, -0.1) is 10.2 Å². The molecular weight excluding hydrogens is 1260 g/mol. The van der Waals surface area contributed by atoms with E-state index in [2.05, 4.69) is 51.4 Å². The van der Waals surface area contributed by atoms with E-state index in [0.717, 1.165) is 33.6 Å². The molecule has 0 radical (unpaired) electrons. The number of aliphatic hydroxyl groups is 4. The molecule has 2 aliphatic rings. The molecule has 448 valence electrons. The maximum Gasteiger partial charge on any atom is 0.407 e. The van der Waals surface area contributed by atoms with Gasteiger partial charge in [0.25, 0.3) is 0 Å². The van der Waals surface area contributed by atoms with E-state index in [1.54, 1.807) is 13.8 Å². The van der Waals surface area contributed by atoms with Gasteiger partial charge in [-0.3, -0.25) is 0 Å². The second-order valence-electron chi connectivity index (χ2n) is 19.2. The van der Waals surface area contributed by atoms with Crippen LogP contribution in [0.25, 0.3) is 33.9 Å². The lowest BCUT2D eigenvalue weighted by atomic mass is 9.91. The third-order valence-corrected chi connectivity index (χ3v) is 15.4. The summed E-state index contributed by atoms with van der Waals surface area (Å²) in [5, 5.41) is 74.5. The van der Waals surface area contributed by atoms with Crippen LogP contribution in [0.2, 0.25) is 30.1 Å². The van der Waals surface area contributed by atoms with Gasteiger partial charge in [0.15, 0.2) is 36.1 Å². The van der Waals surface area contributed by atoms with Gasteiger partial charge in [-0.1, -0.05) is 80.0 Å². The second-order valence-corrected chi connectivity index (χ2v) is 21.6. The van der Waals surface area contributed by atoms with E-state index < -0.39 is 120 Å². The number of ether oxygens (including phenoxy) is 4. The molecule has 2 amide bonds. The second kappa shape index (κ2) is 25.6. The standard InChI is InChI=1S/C51H44Cl6F4N14O10/c1-20-64-48(74(68-20)34-14-24(52)4-6-26(34)54)46-44(40(42(78)36(18-76)82-46)72-16-32(66-70-72)22-10-28(58)38(56)29(59)11-22)84-50(80)62-8-3-9-63-51(81)85-45-41(73-17-33(67-71-73)23-12-30(60)39(57)31(61)13-23)43(79)37(19-77)83-47(45)49-65-21(2)69-75(49)35-15-25(53)5-7-27(35)55/h4-7,10-17,36-37,40-47,76-79H,3,8-9,18-19H2,1-2H3,(H,62,80)(H,63,81). The van der Waals surface area contributed by atoms with E-state index in [4.69, 9.17) is 88.6 Å². The summed E-state index contributed by atoms with van der Waals surface area (Å²) in [6.45, 7) is 1.06. The third-order valence-electron chi connectivity index (χ3n) is 13.6. The van der Waals surface area contributed by atoms with Crippen LogP contribution in [0.3, 0.4) is 0 Å². The number of benzene rings is 4. The Bertz CT molecular complexity index is 3520. The molecule has 0 bridgehead atoms. The summed E-state index contributed by atoms with van der Waals surface area (Å²) in [6, 6.07) is 9.68. The fourth-order valence-corrected chi connectivity index (χ4v) is 10.6. The van der Waals surface area contributed by atoms with Crippen LogP contribution in [0.15, 0.2) is 73.1 Å². The van der Waals surface area contributed by atoms with Crippen molar-refractivity contribution in [3.05, 3.63) is 150 Å². The van der Waals surface area contributed by atoms with Gasteiger partial charge in [-0.25, -0.2) is 55.8 Å². The largest absolute Gasteiger partial charge is 0.441 e. The summed E-state index contributed by atoms with van der Waals surface area (Å²) >= 11 is 37.4. The van der Waals surface area contributed by atoms with Crippen LogP contribution in [-0.4, -0.2) is 155 Å². The molecule has 0 saturated carbocycles. The Kier molecular flexibility index (Phi) is 18.5. The summed E-state index contributed by atoms with van der Waals surface area (Å²) in [5.41, 5.74) is 0.0231. The number of hydrogen-bond acceptors (Lipinski definition) is 18. The van der Waals surface area contributed by atoms with E-state index in [1.807, 2.05) is 0 Å². The number of aryl methyl sites for hydroxylation is 2. The van der Waals surface area contributed by atoms with Crippen molar-refractivity contribution in [3.63, 3.8) is 0 Å². The molecular formula is C51H44Cl6F4N14O10. The molecule has 24 nitrogen and oxygen atoms in total. The number of aromatic nitrogens is 12. The van der Waals surface area contributed by atoms with Gasteiger partial charge in [-0.2, -0.15) is 10.2 Å². The van der Waals surface area contributed by atoms with Crippen LogP contribution in [0.5, 0.6) is 0 Å². The Morgan fingerprint density at radius 1 is 0.600 bits per heavy atom. The van der Waals surface area contributed by atoms with Crippen LogP contribution in [0.4, 0.5) is 27.2 Å². The summed E-state index contributed by atoms with van der Waals surface area (Å²) in [6.07, 6.45) is -12.4. The molecule has 34 heteroatoms. The lowest BCUT2D eigenvalue weighted by molar-refractivity contribution is -0.210. The minimum Gasteiger partial charge on any atom is -0.441 e. The quantitative estimate of drug-likeness (QED) is 0.0305. The molecule has 6 N–H and O–H groups in total. The third kappa shape index (κ3) is 12.7. The number of amides is 2. The summed E-state index contributed by atoms with van der Waals surface area (Å²) < 4.78 is 87.8. The molecule has 0 aliphatic carbocycles. The van der Waals surface area contributed by atoms with Crippen molar-refractivity contribution in [1.82, 2.24) is 70.2 Å². The average Bonchev–Trinajstić information content (AvgIpc) is 2.77. The highest BCUT2D eigenvalue weighted by Crippen LogP contribution is 2.44. The molecule has 2 aliphatic heterocycles. The van der Waals surface area contributed by atoms with E-state index in [9.17, 15) is 47.6 Å². The van der Waals surface area contributed by atoms with Crippen molar-refractivity contribution in [2.75, 3.05) is 26.3 Å². The number of aliphatic hydroxyl groups excluding tert-OH is 4. The Hall–Kier alpha value is -6.80. The first-order chi connectivity index (χ1) is 40.6. The first kappa shape index (κ1) is 61.3. The van der Waals surface area contributed by atoms with Crippen LogP contribution in [0.1, 0.15) is 54.0 Å². The molecule has 2 saturated heterocycles. The fraction of sp³-hybridized carbons (Fsp3) is 0.333. The van der Waals surface area contributed by atoms with Crippen LogP contribution >= 0.6 is 69.6 Å². The molecule has 10 rings (SSSR count). The molecule has 10 atom stereocenters. The SMILES string of the molecule is Cc1nc(C2OC(CO)C(O)C(n3cc(-c4cc(F)c(Cl)c(F)c4)nn3)C2OC(=O)NCCCNC(=O)OC2C(c3nc(C)nn3-c3cc(Cl)ccc3Cl)OC(CO)C(O)C2n2cc(-c3cc(F)c(Cl)c(F)c3)nn2)n(-c2cc(Cl)ccc2Cl)n1. The predicted octanol–water partition coefficient (Wildman–Crippen LogP) is 7.81. The highest BCUT2D eigenvalue weighted by molar-refractivity contribution is 6.35. The Balaban J connectivity index is 0.903. The van der Waals surface area contributed by atoms with Crippen molar-refractivity contribution in [2.24, 2.45) is 0 Å². The number of nitrogens with one attached hydrogen (secondary N) is 2. The molecule has 6 heterocycles. The highest BCUT2D eigenvalue weighted by Gasteiger charge is 2.53. The Morgan fingerprint density at radius 2 is 0.976 bits per heavy atom. The topological polar surface area (TPSA) is 299 Å². The van der Waals surface area contributed by atoms with E-state index in [1.165, 1.54) is 58.2 Å². The monoisotopic (exact) mass is 1300 g/mol. The van der Waals surface area contributed by atoms with Crippen molar-refractivity contribution < 1.29 is 66.5 Å². The number of alkyl carbamates (subject to hydrolysis) is 2. The highest BCUT2D eigenvalue weighted by atomic mass is 35.5. The fourth-order valence-electron chi connectivity index (χ4n) is 9.67. The lowest BCUT2D eigenvalue weighted by Crippen LogP contribution is -2.55. The van der Waals surface area contributed by atoms with Crippen molar-refractivity contribution >= 4 is 81.8 Å². The maximum absolute atomic E-state index is 14.7. The van der Waals surface area contributed by atoms with E-state index in [-0.39, 0.29) is 96.8 Å². The summed E-state index contributed by atoms with van der Waals surface area (Å²) in [4.78, 5) is 37.1. The van der Waals surface area contributed by atoms with Gasteiger partial charge in [0.05, 0.1) is 47.0 Å². The smallest absolute Gasteiger partial charge is 0.407 e. The predicted molar refractivity (Wildman–Crippen MR) is 294 cm³/mol. The summed E-state index contributed by atoms with van der Waals surface area (Å²) in [7, 11) is 0. The van der Waals surface area contributed by atoms with Gasteiger partial charge in [-0.05, 0) is 80.9 Å². The van der Waals surface area contributed by atoms with Gasteiger partial charge in [0, 0.05) is 34.3 Å². The maximum atomic E-state index is 14.7. The van der Waals surface area contributed by atoms with Crippen LogP contribution in [0, 0.1) is 37.1 Å². The molecule has 4 aromatic heterocycles. The van der Waals surface area contributed by atoms with Crippen LogP contribution in [-0.2, 0) is 18.9 Å². The first-order valence-electron chi connectivity index (χ1n) is 25.3.